The van der Waals surface area contributed by atoms with Gasteiger partial charge in [0.05, 0.1) is 11.5 Å². The van der Waals surface area contributed by atoms with Gasteiger partial charge in [-0.15, -0.1) is 0 Å². The number of nitro benzene ring substituents is 1. The van der Waals surface area contributed by atoms with E-state index in [1.165, 1.54) is 40.4 Å². The third kappa shape index (κ3) is 4.90. The summed E-state index contributed by atoms with van der Waals surface area (Å²) in [6, 6.07) is 5.41. The normalized spacial score (nSPS) is 12.1. The largest absolute Gasteiger partial charge is 0.491 e. The number of aliphatic hydroxyl groups excluding tert-OH is 2. The van der Waals surface area contributed by atoms with Crippen molar-refractivity contribution in [1.29, 1.82) is 0 Å². The molecule has 3 aromatic rings. The zero-order valence-electron chi connectivity index (χ0n) is 16.6. The second-order valence-corrected chi connectivity index (χ2v) is 6.76. The summed E-state index contributed by atoms with van der Waals surface area (Å²) in [5.41, 5.74) is -1.11. The van der Waals surface area contributed by atoms with E-state index in [9.17, 15) is 24.8 Å². The lowest BCUT2D eigenvalue weighted by atomic mass is 10.3. The highest BCUT2D eigenvalue weighted by atomic mass is 16.6. The number of hydrogen-bond donors (Lipinski definition) is 4. The average Bonchev–Trinajstić information content (AvgIpc) is 3.10. The highest BCUT2D eigenvalue weighted by molar-refractivity contribution is 5.74. The van der Waals surface area contributed by atoms with Crippen LogP contribution in [-0.4, -0.2) is 60.1 Å². The molecule has 0 amide bonds. The summed E-state index contributed by atoms with van der Waals surface area (Å²) in [5.74, 6) is 0.589. The van der Waals surface area contributed by atoms with Gasteiger partial charge < -0.3 is 24.8 Å². The zero-order chi connectivity index (χ0) is 22.5. The first kappa shape index (κ1) is 22.0. The molecule has 0 aliphatic rings. The van der Waals surface area contributed by atoms with Crippen molar-refractivity contribution in [2.24, 2.45) is 7.05 Å². The van der Waals surface area contributed by atoms with Crippen LogP contribution in [0, 0.1) is 10.1 Å². The summed E-state index contributed by atoms with van der Waals surface area (Å²) in [6.45, 7) is 0.0858. The fourth-order valence-electron chi connectivity index (χ4n) is 2.95. The molecule has 0 fully saturated rings. The molecule has 4 N–H and O–H groups in total. The Morgan fingerprint density at radius 3 is 2.68 bits per heavy atom. The van der Waals surface area contributed by atoms with Gasteiger partial charge in [-0.25, -0.2) is 4.79 Å². The lowest BCUT2D eigenvalue weighted by molar-refractivity contribution is -0.384. The Labute approximate surface area is 174 Å². The number of benzene rings is 1. The summed E-state index contributed by atoms with van der Waals surface area (Å²) in [4.78, 5) is 41.0. The second kappa shape index (κ2) is 9.40. The van der Waals surface area contributed by atoms with Crippen molar-refractivity contribution in [3.63, 3.8) is 0 Å². The number of aromatic amines is 1. The molecule has 13 heteroatoms. The first-order valence-electron chi connectivity index (χ1n) is 9.41. The Morgan fingerprint density at radius 2 is 2.03 bits per heavy atom. The standard InChI is InChI=1S/C18H22N6O7/c1-22-15-14(16(27)21-18(22)28)23(17(20-15)19-7-2-8-25)9-12(26)10-31-13-5-3-11(4-6-13)24(29)30/h3-6,12,25-26H,2,7-10H2,1H3,(H,19,20)(H,21,27,28)/t12-/m1/s1. The van der Waals surface area contributed by atoms with E-state index in [0.29, 0.717) is 18.7 Å². The molecule has 13 nitrogen and oxygen atoms in total. The van der Waals surface area contributed by atoms with E-state index in [2.05, 4.69) is 15.3 Å². The molecule has 0 spiro atoms. The number of hydrogen-bond acceptors (Lipinski definition) is 9. The van der Waals surface area contributed by atoms with Crippen molar-refractivity contribution in [1.82, 2.24) is 19.1 Å². The second-order valence-electron chi connectivity index (χ2n) is 6.76. The number of nitrogens with one attached hydrogen (secondary N) is 2. The molecule has 1 aromatic carbocycles. The number of H-pyrrole nitrogens is 1. The predicted octanol–water partition coefficient (Wildman–Crippen LogP) is -0.434. The van der Waals surface area contributed by atoms with Gasteiger partial charge in [-0.1, -0.05) is 0 Å². The summed E-state index contributed by atoms with van der Waals surface area (Å²) >= 11 is 0. The molecule has 0 aliphatic heterocycles. The van der Waals surface area contributed by atoms with Crippen LogP contribution in [-0.2, 0) is 13.6 Å². The molecule has 0 saturated heterocycles. The molecule has 0 aliphatic carbocycles. The highest BCUT2D eigenvalue weighted by Crippen LogP contribution is 2.19. The Balaban J connectivity index is 1.82. The Hall–Kier alpha value is -3.71. The fraction of sp³-hybridized carbons (Fsp3) is 0.389. The van der Waals surface area contributed by atoms with Crippen LogP contribution in [0.25, 0.3) is 11.2 Å². The number of rotatable bonds is 10. The Bertz CT molecular complexity index is 1180. The maximum absolute atomic E-state index is 12.4. The molecule has 2 aromatic heterocycles. The first-order chi connectivity index (χ1) is 14.8. The number of non-ortho nitro benzene ring substituents is 1. The third-order valence-corrected chi connectivity index (χ3v) is 4.51. The van der Waals surface area contributed by atoms with Gasteiger partial charge >= 0.3 is 5.69 Å². The lowest BCUT2D eigenvalue weighted by Crippen LogP contribution is -2.31. The van der Waals surface area contributed by atoms with Gasteiger partial charge in [-0.3, -0.25) is 24.5 Å². The number of fused-ring (bicyclic) bond motifs is 1. The number of anilines is 1. The molecule has 1 atom stereocenters. The van der Waals surface area contributed by atoms with Crippen LogP contribution in [0.1, 0.15) is 6.42 Å². The average molecular weight is 434 g/mol. The smallest absolute Gasteiger partial charge is 0.329 e. The molecule has 0 radical (unpaired) electrons. The van der Waals surface area contributed by atoms with Crippen molar-refractivity contribution in [3.8, 4) is 5.75 Å². The lowest BCUT2D eigenvalue weighted by Gasteiger charge is -2.15. The molecular weight excluding hydrogens is 412 g/mol. The van der Waals surface area contributed by atoms with E-state index in [-0.39, 0.29) is 42.6 Å². The molecule has 2 heterocycles. The van der Waals surface area contributed by atoms with Crippen LogP contribution in [0.3, 0.4) is 0 Å². The zero-order valence-corrected chi connectivity index (χ0v) is 16.6. The maximum Gasteiger partial charge on any atom is 0.329 e. The van der Waals surface area contributed by atoms with Crippen LogP contribution in [0.4, 0.5) is 11.6 Å². The monoisotopic (exact) mass is 434 g/mol. The van der Waals surface area contributed by atoms with E-state index in [1.54, 1.807) is 0 Å². The maximum atomic E-state index is 12.4. The molecular formula is C18H22N6O7. The molecule has 31 heavy (non-hydrogen) atoms. The molecule has 0 saturated carbocycles. The van der Waals surface area contributed by atoms with Crippen LogP contribution < -0.4 is 21.3 Å². The summed E-state index contributed by atoms with van der Waals surface area (Å²) in [5, 5.41) is 33.1. The van der Waals surface area contributed by atoms with Gasteiger partial charge in [0.15, 0.2) is 11.2 Å². The molecule has 0 unspecified atom stereocenters. The van der Waals surface area contributed by atoms with E-state index < -0.39 is 22.3 Å². The van der Waals surface area contributed by atoms with E-state index in [0.717, 1.165) is 0 Å². The van der Waals surface area contributed by atoms with Gasteiger partial charge in [-0.2, -0.15) is 4.98 Å². The van der Waals surface area contributed by atoms with Crippen molar-refractivity contribution < 1.29 is 19.9 Å². The van der Waals surface area contributed by atoms with Gasteiger partial charge in [-0.05, 0) is 18.6 Å². The van der Waals surface area contributed by atoms with Crippen LogP contribution in [0.15, 0.2) is 33.9 Å². The van der Waals surface area contributed by atoms with Crippen LogP contribution >= 0.6 is 0 Å². The number of nitrogens with zero attached hydrogens (tertiary/aromatic N) is 4. The van der Waals surface area contributed by atoms with E-state index in [1.807, 2.05) is 0 Å². The number of aliphatic hydroxyl groups is 2. The molecule has 0 bridgehead atoms. The highest BCUT2D eigenvalue weighted by Gasteiger charge is 2.20. The summed E-state index contributed by atoms with van der Waals surface area (Å²) in [6.07, 6.45) is -0.632. The number of ether oxygens (including phenoxy) is 1. The SMILES string of the molecule is Cn1c(=O)[nH]c(=O)c2c1nc(NCCCO)n2C[C@@H](O)COc1ccc([N+](=O)[O-])cc1. The van der Waals surface area contributed by atoms with Gasteiger partial charge in [0.25, 0.3) is 11.2 Å². The summed E-state index contributed by atoms with van der Waals surface area (Å²) in [7, 11) is 1.46. The first-order valence-corrected chi connectivity index (χ1v) is 9.41. The molecule has 166 valence electrons. The van der Waals surface area contributed by atoms with Crippen molar-refractivity contribution in [2.75, 3.05) is 25.1 Å². The quantitative estimate of drug-likeness (QED) is 0.187. The minimum atomic E-state index is -1.07. The molecule has 3 rings (SSSR count). The Kier molecular flexibility index (Phi) is 6.67. The van der Waals surface area contributed by atoms with Gasteiger partial charge in [0, 0.05) is 32.3 Å². The third-order valence-electron chi connectivity index (χ3n) is 4.51. The van der Waals surface area contributed by atoms with E-state index in [4.69, 9.17) is 9.84 Å². The number of imidazole rings is 1. The summed E-state index contributed by atoms with van der Waals surface area (Å²) < 4.78 is 8.10. The minimum Gasteiger partial charge on any atom is -0.491 e. The van der Waals surface area contributed by atoms with Crippen LogP contribution in [0.5, 0.6) is 5.75 Å². The van der Waals surface area contributed by atoms with E-state index >= 15 is 0 Å². The van der Waals surface area contributed by atoms with Crippen molar-refractivity contribution in [3.05, 3.63) is 55.2 Å². The van der Waals surface area contributed by atoms with Crippen molar-refractivity contribution >= 4 is 22.8 Å². The predicted molar refractivity (Wildman–Crippen MR) is 110 cm³/mol. The minimum absolute atomic E-state index is 0.0437. The topological polar surface area (TPSA) is 178 Å². The fourth-order valence-corrected chi connectivity index (χ4v) is 2.95. The van der Waals surface area contributed by atoms with Gasteiger partial charge in [0.1, 0.15) is 18.5 Å². The number of aryl methyl sites for hydroxylation is 1. The van der Waals surface area contributed by atoms with Gasteiger partial charge in [0.2, 0.25) is 5.95 Å². The van der Waals surface area contributed by atoms with Crippen molar-refractivity contribution in [2.45, 2.75) is 19.1 Å². The number of aromatic nitrogens is 4. The van der Waals surface area contributed by atoms with Crippen LogP contribution in [0.2, 0.25) is 0 Å². The number of nitro groups is 1. The Morgan fingerprint density at radius 1 is 1.32 bits per heavy atom.